The molecule has 2 rings (SSSR count). The summed E-state index contributed by atoms with van der Waals surface area (Å²) in [5, 5.41) is 4.00. The number of hydrazone groups is 1. The van der Waals surface area contributed by atoms with Crippen LogP contribution in [0.5, 0.6) is 11.5 Å². The van der Waals surface area contributed by atoms with Crippen LogP contribution in [0.1, 0.15) is 25.3 Å². The van der Waals surface area contributed by atoms with Crippen LogP contribution in [-0.2, 0) is 9.59 Å². The van der Waals surface area contributed by atoms with Gasteiger partial charge in [0.05, 0.1) is 5.71 Å². The third-order valence-corrected chi connectivity index (χ3v) is 3.05. The van der Waals surface area contributed by atoms with Gasteiger partial charge in [-0.05, 0) is 25.1 Å². The molecule has 1 heterocycles. The molecule has 118 valence electrons. The van der Waals surface area contributed by atoms with Gasteiger partial charge in [0.1, 0.15) is 13.2 Å². The Labute approximate surface area is 127 Å². The summed E-state index contributed by atoms with van der Waals surface area (Å²) in [6.07, 6.45) is 0.0296. The van der Waals surface area contributed by atoms with Gasteiger partial charge >= 0.3 is 0 Å². The number of nitrogens with one attached hydrogen (secondary N) is 2. The molecule has 2 amide bonds. The predicted octanol–water partition coefficient (Wildman–Crippen LogP) is 0.0681. The lowest BCUT2D eigenvalue weighted by molar-refractivity contribution is -0.126. The Morgan fingerprint density at radius 3 is 2.59 bits per heavy atom. The summed E-state index contributed by atoms with van der Waals surface area (Å²) in [6.45, 7) is 2.80. The summed E-state index contributed by atoms with van der Waals surface area (Å²) in [7, 11) is 0. The Hall–Kier alpha value is -2.61. The molecule has 0 aromatic heterocycles. The minimum Gasteiger partial charge on any atom is -0.486 e. The van der Waals surface area contributed by atoms with Crippen LogP contribution in [0.15, 0.2) is 23.3 Å². The van der Waals surface area contributed by atoms with Gasteiger partial charge < -0.3 is 9.47 Å². The normalized spacial score (nSPS) is 13.5. The van der Waals surface area contributed by atoms with E-state index in [1.807, 2.05) is 11.5 Å². The number of benzene rings is 1. The second-order valence-electron chi connectivity index (χ2n) is 4.66. The number of ether oxygens (including phenoxy) is 2. The van der Waals surface area contributed by atoms with Crippen LogP contribution in [0, 0.1) is 0 Å². The van der Waals surface area contributed by atoms with E-state index in [0.717, 1.165) is 5.56 Å². The number of carbonyl (C=O) groups excluding carboxylic acids is 2. The Bertz CT molecular complexity index is 601. The fraction of sp³-hybridized carbons (Fsp3) is 0.357. The van der Waals surface area contributed by atoms with Gasteiger partial charge in [0.2, 0.25) is 11.8 Å². The second kappa shape index (κ2) is 7.41. The zero-order valence-electron chi connectivity index (χ0n) is 12.2. The molecule has 8 nitrogen and oxygen atoms in total. The largest absolute Gasteiger partial charge is 0.486 e. The van der Waals surface area contributed by atoms with Crippen molar-refractivity contribution in [3.63, 3.8) is 0 Å². The Morgan fingerprint density at radius 2 is 1.86 bits per heavy atom. The summed E-state index contributed by atoms with van der Waals surface area (Å²) < 4.78 is 10.9. The van der Waals surface area contributed by atoms with Crippen molar-refractivity contribution in [2.24, 2.45) is 10.9 Å². The van der Waals surface area contributed by atoms with Crippen molar-refractivity contribution in [1.82, 2.24) is 10.9 Å². The molecule has 4 N–H and O–H groups in total. The zero-order valence-corrected chi connectivity index (χ0v) is 12.2. The fourth-order valence-corrected chi connectivity index (χ4v) is 1.83. The predicted molar refractivity (Wildman–Crippen MR) is 79.3 cm³/mol. The maximum atomic E-state index is 11.5. The molecule has 0 spiro atoms. The van der Waals surface area contributed by atoms with E-state index in [4.69, 9.17) is 15.3 Å². The first-order valence-electron chi connectivity index (χ1n) is 6.82. The summed E-state index contributed by atoms with van der Waals surface area (Å²) in [5.74, 6) is 5.52. The van der Waals surface area contributed by atoms with Crippen molar-refractivity contribution < 1.29 is 19.1 Å². The molecule has 0 bridgehead atoms. The Morgan fingerprint density at radius 1 is 1.18 bits per heavy atom. The highest BCUT2D eigenvalue weighted by atomic mass is 16.6. The summed E-state index contributed by atoms with van der Waals surface area (Å²) in [4.78, 5) is 22.5. The van der Waals surface area contributed by atoms with Gasteiger partial charge in [0, 0.05) is 18.4 Å². The monoisotopic (exact) mass is 306 g/mol. The highest BCUT2D eigenvalue weighted by Crippen LogP contribution is 2.30. The number of nitrogens with two attached hydrogens (primary N) is 1. The number of hydrogen-bond donors (Lipinski definition) is 3. The molecule has 8 heteroatoms. The van der Waals surface area contributed by atoms with Crippen molar-refractivity contribution in [1.29, 1.82) is 0 Å². The molecule has 1 aliphatic rings. The van der Waals surface area contributed by atoms with Crippen molar-refractivity contribution in [3.8, 4) is 11.5 Å². The minimum absolute atomic E-state index is 0.0148. The fourth-order valence-electron chi connectivity index (χ4n) is 1.83. The number of nitrogens with zero attached hydrogens (tertiary/aromatic N) is 1. The first kappa shape index (κ1) is 15.8. The van der Waals surface area contributed by atoms with Gasteiger partial charge in [-0.25, -0.2) is 11.3 Å². The standard InChI is InChI=1S/C14H18N4O4/c1-9(17-18-14(20)5-4-13(19)16-15)10-2-3-11-12(8-10)22-7-6-21-11/h2-3,8H,4-7,15H2,1H3,(H,16,19)(H,18,20)/b17-9-. The van der Waals surface area contributed by atoms with E-state index in [-0.39, 0.29) is 18.7 Å². The molecular formula is C14H18N4O4. The van der Waals surface area contributed by atoms with Crippen LogP contribution < -0.4 is 26.2 Å². The van der Waals surface area contributed by atoms with Crippen LogP contribution in [0.25, 0.3) is 0 Å². The number of rotatable bonds is 5. The number of amides is 2. The maximum Gasteiger partial charge on any atom is 0.240 e. The smallest absolute Gasteiger partial charge is 0.240 e. The van der Waals surface area contributed by atoms with E-state index >= 15 is 0 Å². The van der Waals surface area contributed by atoms with E-state index in [2.05, 4.69) is 10.5 Å². The summed E-state index contributed by atoms with van der Waals surface area (Å²) >= 11 is 0. The highest BCUT2D eigenvalue weighted by Gasteiger charge is 2.12. The van der Waals surface area contributed by atoms with E-state index in [1.54, 1.807) is 19.1 Å². The third-order valence-electron chi connectivity index (χ3n) is 3.05. The molecule has 0 atom stereocenters. The number of hydrogen-bond acceptors (Lipinski definition) is 6. The lowest BCUT2D eigenvalue weighted by atomic mass is 10.1. The first-order valence-corrected chi connectivity index (χ1v) is 6.82. The van der Waals surface area contributed by atoms with E-state index in [1.165, 1.54) is 0 Å². The summed E-state index contributed by atoms with van der Waals surface area (Å²) in [6, 6.07) is 5.44. The van der Waals surface area contributed by atoms with Crippen LogP contribution in [0.4, 0.5) is 0 Å². The van der Waals surface area contributed by atoms with Gasteiger partial charge in [-0.2, -0.15) is 5.10 Å². The topological polar surface area (TPSA) is 115 Å². The van der Waals surface area contributed by atoms with E-state index in [9.17, 15) is 9.59 Å². The molecule has 0 radical (unpaired) electrons. The van der Waals surface area contributed by atoms with Crippen LogP contribution in [0.3, 0.4) is 0 Å². The third kappa shape index (κ3) is 4.19. The van der Waals surface area contributed by atoms with Crippen molar-refractivity contribution in [2.75, 3.05) is 13.2 Å². The van der Waals surface area contributed by atoms with Crippen molar-refractivity contribution in [2.45, 2.75) is 19.8 Å². The summed E-state index contributed by atoms with van der Waals surface area (Å²) in [5.41, 5.74) is 5.78. The van der Waals surface area contributed by atoms with E-state index in [0.29, 0.717) is 30.4 Å². The number of fused-ring (bicyclic) bond motifs is 1. The molecule has 0 aliphatic carbocycles. The van der Waals surface area contributed by atoms with Crippen LogP contribution >= 0.6 is 0 Å². The molecule has 0 saturated carbocycles. The minimum atomic E-state index is -0.400. The lowest BCUT2D eigenvalue weighted by Gasteiger charge is -2.18. The van der Waals surface area contributed by atoms with Crippen molar-refractivity contribution in [3.05, 3.63) is 23.8 Å². The van der Waals surface area contributed by atoms with E-state index < -0.39 is 5.91 Å². The molecule has 0 fully saturated rings. The maximum absolute atomic E-state index is 11.5. The zero-order chi connectivity index (χ0) is 15.9. The lowest BCUT2D eigenvalue weighted by Crippen LogP contribution is -2.31. The first-order chi connectivity index (χ1) is 10.6. The van der Waals surface area contributed by atoms with Gasteiger partial charge in [0.25, 0.3) is 0 Å². The van der Waals surface area contributed by atoms with Crippen molar-refractivity contribution >= 4 is 17.5 Å². The molecule has 1 aromatic rings. The number of carbonyl (C=O) groups is 2. The molecule has 1 aliphatic heterocycles. The Balaban J connectivity index is 1.94. The van der Waals surface area contributed by atoms with Crippen LogP contribution in [0.2, 0.25) is 0 Å². The van der Waals surface area contributed by atoms with Gasteiger partial charge in [-0.1, -0.05) is 0 Å². The molecule has 0 unspecified atom stereocenters. The number of hydrazine groups is 1. The van der Waals surface area contributed by atoms with Gasteiger partial charge in [-0.15, -0.1) is 0 Å². The average Bonchev–Trinajstić information content (AvgIpc) is 2.56. The molecule has 0 saturated heterocycles. The van der Waals surface area contributed by atoms with Gasteiger partial charge in [0.15, 0.2) is 11.5 Å². The van der Waals surface area contributed by atoms with Gasteiger partial charge in [-0.3, -0.25) is 15.0 Å². The quantitative estimate of drug-likeness (QED) is 0.308. The highest BCUT2D eigenvalue weighted by molar-refractivity contribution is 5.99. The average molecular weight is 306 g/mol. The van der Waals surface area contributed by atoms with Crippen LogP contribution in [-0.4, -0.2) is 30.7 Å². The molecule has 1 aromatic carbocycles. The molecular weight excluding hydrogens is 288 g/mol. The SMILES string of the molecule is C/C(=N/NC(=O)CCC(=O)NN)c1ccc2c(c1)OCCO2. The Kier molecular flexibility index (Phi) is 5.31. The second-order valence-corrected chi connectivity index (χ2v) is 4.66. The molecule has 22 heavy (non-hydrogen) atoms.